The molecule has 1 unspecified atom stereocenters. The van der Waals surface area contributed by atoms with Crippen LogP contribution in [0.2, 0.25) is 0 Å². The van der Waals surface area contributed by atoms with Gasteiger partial charge in [0.25, 0.3) is 0 Å². The summed E-state index contributed by atoms with van der Waals surface area (Å²) >= 11 is 0. The largest absolute Gasteiger partial charge is 0.396 e. The number of sulfonamides is 1. The van der Waals surface area contributed by atoms with Crippen molar-refractivity contribution < 1.29 is 13.5 Å². The number of anilines is 1. The van der Waals surface area contributed by atoms with E-state index in [-0.39, 0.29) is 12.5 Å². The van der Waals surface area contributed by atoms with E-state index in [1.165, 1.54) is 0 Å². The number of aliphatic imine (C=N–C) groups is 1. The van der Waals surface area contributed by atoms with Crippen molar-refractivity contribution in [3.63, 3.8) is 0 Å². The van der Waals surface area contributed by atoms with Crippen LogP contribution in [0.1, 0.15) is 24.0 Å². The van der Waals surface area contributed by atoms with E-state index in [2.05, 4.69) is 20.3 Å². The van der Waals surface area contributed by atoms with Crippen molar-refractivity contribution in [1.82, 2.24) is 10.6 Å². The Morgan fingerprint density at radius 2 is 1.75 bits per heavy atom. The van der Waals surface area contributed by atoms with Crippen LogP contribution in [-0.4, -0.2) is 45.4 Å². The quantitative estimate of drug-likeness (QED) is 0.378. The number of nitrogens with zero attached hydrogens (tertiary/aromatic N) is 1. The molecule has 0 aliphatic heterocycles. The highest BCUT2D eigenvalue weighted by molar-refractivity contribution is 7.92. The summed E-state index contributed by atoms with van der Waals surface area (Å²) in [5, 5.41) is 16.1. The first-order chi connectivity index (χ1) is 13.4. The Kier molecular flexibility index (Phi) is 8.28. The predicted molar refractivity (Wildman–Crippen MR) is 114 cm³/mol. The molecule has 28 heavy (non-hydrogen) atoms. The van der Waals surface area contributed by atoms with Gasteiger partial charge in [-0.2, -0.15) is 0 Å². The zero-order valence-corrected chi connectivity index (χ0v) is 17.0. The van der Waals surface area contributed by atoms with E-state index in [0.717, 1.165) is 17.4 Å². The fourth-order valence-electron chi connectivity index (χ4n) is 2.70. The standard InChI is InChI=1S/C20H28N4O3S/c1-3-21-20(23-14-18(15-25)16-9-5-4-6-10-16)22-13-17-11-7-8-12-19(17)24-28(2,26)27/h4-12,18,24-25H,3,13-15H2,1-2H3,(H2,21,22,23). The molecule has 7 nitrogen and oxygen atoms in total. The van der Waals surface area contributed by atoms with Crippen LogP contribution in [0.4, 0.5) is 5.69 Å². The van der Waals surface area contributed by atoms with Crippen LogP contribution in [0.15, 0.2) is 59.6 Å². The molecule has 0 radical (unpaired) electrons. The molecule has 0 heterocycles. The number of benzene rings is 2. The maximum absolute atomic E-state index is 11.5. The average Bonchev–Trinajstić information content (AvgIpc) is 2.67. The van der Waals surface area contributed by atoms with Crippen LogP contribution >= 0.6 is 0 Å². The minimum absolute atomic E-state index is 0.0253. The number of hydrogen-bond donors (Lipinski definition) is 4. The van der Waals surface area contributed by atoms with Gasteiger partial charge in [-0.15, -0.1) is 0 Å². The SMILES string of the molecule is CCNC(=NCc1ccccc1NS(C)(=O)=O)NCC(CO)c1ccccc1. The van der Waals surface area contributed by atoms with Gasteiger partial charge < -0.3 is 15.7 Å². The van der Waals surface area contributed by atoms with E-state index in [0.29, 0.717) is 31.3 Å². The fourth-order valence-corrected chi connectivity index (χ4v) is 3.29. The molecule has 2 aromatic rings. The Morgan fingerprint density at radius 3 is 2.39 bits per heavy atom. The molecule has 0 aliphatic rings. The third-order valence-electron chi connectivity index (χ3n) is 4.07. The van der Waals surface area contributed by atoms with Gasteiger partial charge >= 0.3 is 0 Å². The molecule has 4 N–H and O–H groups in total. The fraction of sp³-hybridized carbons (Fsp3) is 0.350. The Bertz CT molecular complexity index is 870. The second-order valence-corrected chi connectivity index (χ2v) is 8.15. The predicted octanol–water partition coefficient (Wildman–Crippen LogP) is 1.89. The van der Waals surface area contributed by atoms with Gasteiger partial charge in [-0.05, 0) is 24.1 Å². The van der Waals surface area contributed by atoms with Crippen LogP contribution < -0.4 is 15.4 Å². The molecule has 152 valence electrons. The third-order valence-corrected chi connectivity index (χ3v) is 4.66. The van der Waals surface area contributed by atoms with Gasteiger partial charge in [0.2, 0.25) is 10.0 Å². The Hall–Kier alpha value is -2.58. The lowest BCUT2D eigenvalue weighted by Crippen LogP contribution is -2.40. The summed E-state index contributed by atoms with van der Waals surface area (Å²) in [5.41, 5.74) is 2.34. The van der Waals surface area contributed by atoms with Crippen molar-refractivity contribution in [2.45, 2.75) is 19.4 Å². The number of para-hydroxylation sites is 1. The van der Waals surface area contributed by atoms with Gasteiger partial charge in [0, 0.05) is 19.0 Å². The van der Waals surface area contributed by atoms with E-state index in [9.17, 15) is 13.5 Å². The zero-order chi connectivity index (χ0) is 20.4. The summed E-state index contributed by atoms with van der Waals surface area (Å²) in [7, 11) is -3.36. The highest BCUT2D eigenvalue weighted by Gasteiger charge is 2.11. The number of hydrogen-bond acceptors (Lipinski definition) is 4. The van der Waals surface area contributed by atoms with E-state index < -0.39 is 10.0 Å². The number of rotatable bonds is 9. The molecule has 0 spiro atoms. The van der Waals surface area contributed by atoms with Gasteiger partial charge in [0.1, 0.15) is 0 Å². The lowest BCUT2D eigenvalue weighted by Gasteiger charge is -2.18. The van der Waals surface area contributed by atoms with Gasteiger partial charge in [-0.1, -0.05) is 48.5 Å². The number of guanidine groups is 1. The summed E-state index contributed by atoms with van der Waals surface area (Å²) in [4.78, 5) is 4.55. The number of nitrogens with one attached hydrogen (secondary N) is 3. The third kappa shape index (κ3) is 7.21. The van der Waals surface area contributed by atoms with Crippen molar-refractivity contribution in [3.05, 3.63) is 65.7 Å². The highest BCUT2D eigenvalue weighted by atomic mass is 32.2. The Morgan fingerprint density at radius 1 is 1.07 bits per heavy atom. The van der Waals surface area contributed by atoms with Crippen LogP contribution in [0.5, 0.6) is 0 Å². The van der Waals surface area contributed by atoms with E-state index in [4.69, 9.17) is 0 Å². The van der Waals surface area contributed by atoms with Gasteiger partial charge in [0.15, 0.2) is 5.96 Å². The lowest BCUT2D eigenvalue weighted by molar-refractivity contribution is 0.265. The topological polar surface area (TPSA) is 103 Å². The van der Waals surface area contributed by atoms with E-state index in [1.807, 2.05) is 49.4 Å². The van der Waals surface area contributed by atoms with Gasteiger partial charge in [-0.25, -0.2) is 13.4 Å². The van der Waals surface area contributed by atoms with Crippen molar-refractivity contribution in [2.24, 2.45) is 4.99 Å². The number of aliphatic hydroxyl groups excluding tert-OH is 1. The molecule has 0 aliphatic carbocycles. The first-order valence-corrected chi connectivity index (χ1v) is 11.1. The summed E-state index contributed by atoms with van der Waals surface area (Å²) in [6.07, 6.45) is 1.12. The summed E-state index contributed by atoms with van der Waals surface area (Å²) in [5.74, 6) is 0.551. The Balaban J connectivity index is 2.08. The minimum atomic E-state index is -3.36. The maximum atomic E-state index is 11.5. The monoisotopic (exact) mass is 404 g/mol. The lowest BCUT2D eigenvalue weighted by atomic mass is 10.0. The molecule has 0 fully saturated rings. The van der Waals surface area contributed by atoms with Crippen molar-refractivity contribution >= 4 is 21.7 Å². The molecule has 2 aromatic carbocycles. The van der Waals surface area contributed by atoms with Crippen molar-refractivity contribution in [1.29, 1.82) is 0 Å². The Labute approximate surface area is 167 Å². The van der Waals surface area contributed by atoms with E-state index >= 15 is 0 Å². The van der Waals surface area contributed by atoms with Crippen LogP contribution in [-0.2, 0) is 16.6 Å². The normalized spacial score (nSPS) is 13.0. The molecule has 8 heteroatoms. The van der Waals surface area contributed by atoms with Crippen LogP contribution in [0, 0.1) is 0 Å². The first kappa shape index (κ1) is 21.7. The summed E-state index contributed by atoms with van der Waals surface area (Å²) in [6, 6.07) is 17.0. The smallest absolute Gasteiger partial charge is 0.229 e. The van der Waals surface area contributed by atoms with Gasteiger partial charge in [-0.3, -0.25) is 4.72 Å². The second-order valence-electron chi connectivity index (χ2n) is 6.40. The summed E-state index contributed by atoms with van der Waals surface area (Å²) < 4.78 is 25.6. The molecular weight excluding hydrogens is 376 g/mol. The minimum Gasteiger partial charge on any atom is -0.396 e. The first-order valence-electron chi connectivity index (χ1n) is 9.16. The summed E-state index contributed by atoms with van der Waals surface area (Å²) in [6.45, 7) is 3.51. The van der Waals surface area contributed by atoms with Crippen molar-refractivity contribution in [3.8, 4) is 0 Å². The van der Waals surface area contributed by atoms with E-state index in [1.54, 1.807) is 12.1 Å². The van der Waals surface area contributed by atoms with Crippen LogP contribution in [0.25, 0.3) is 0 Å². The molecule has 0 saturated heterocycles. The zero-order valence-electron chi connectivity index (χ0n) is 16.2. The molecule has 0 aromatic heterocycles. The maximum Gasteiger partial charge on any atom is 0.229 e. The molecule has 0 saturated carbocycles. The molecule has 1 atom stereocenters. The average molecular weight is 405 g/mol. The molecule has 2 rings (SSSR count). The molecular formula is C20H28N4O3S. The van der Waals surface area contributed by atoms with Crippen molar-refractivity contribution in [2.75, 3.05) is 30.7 Å². The van der Waals surface area contributed by atoms with Crippen LogP contribution in [0.3, 0.4) is 0 Å². The second kappa shape index (κ2) is 10.7. The highest BCUT2D eigenvalue weighted by Crippen LogP contribution is 2.17. The van der Waals surface area contributed by atoms with Gasteiger partial charge in [0.05, 0.1) is 25.1 Å². The number of aliphatic hydroxyl groups is 1. The molecule has 0 amide bonds. The molecule has 0 bridgehead atoms.